The summed E-state index contributed by atoms with van der Waals surface area (Å²) in [7, 11) is 0. The first-order valence-corrected chi connectivity index (χ1v) is 7.47. The average molecular weight is 302 g/mol. The van der Waals surface area contributed by atoms with Crippen LogP contribution in [0.25, 0.3) is 0 Å². The Morgan fingerprint density at radius 1 is 1.19 bits per heavy atom. The maximum atomic E-state index is 12.1. The molecule has 108 valence electrons. The third-order valence-electron chi connectivity index (χ3n) is 3.57. The molecule has 0 aromatic heterocycles. The highest BCUT2D eigenvalue weighted by molar-refractivity contribution is 6.17. The van der Waals surface area contributed by atoms with Crippen LogP contribution in [0, 0.1) is 0 Å². The van der Waals surface area contributed by atoms with Crippen molar-refractivity contribution in [2.75, 3.05) is 6.54 Å². The van der Waals surface area contributed by atoms with Crippen molar-refractivity contribution in [2.45, 2.75) is 18.4 Å². The first kappa shape index (κ1) is 14.0. The van der Waals surface area contributed by atoms with Gasteiger partial charge in [-0.2, -0.15) is 0 Å². The molecule has 1 N–H and O–H groups in total. The maximum Gasteiger partial charge on any atom is 0.251 e. The molecule has 0 saturated heterocycles. The van der Waals surface area contributed by atoms with E-state index in [2.05, 4.69) is 11.4 Å². The number of rotatable bonds is 4. The molecule has 2 aromatic carbocycles. The number of benzene rings is 2. The Bertz CT molecular complexity index is 614. The highest BCUT2D eigenvalue weighted by Gasteiger charge is 2.22. The molecule has 3 rings (SSSR count). The molecule has 3 nitrogen and oxygen atoms in total. The summed E-state index contributed by atoms with van der Waals surface area (Å²) in [6.07, 6.45) is 0.843. The Hall–Kier alpha value is -2.00. The molecule has 1 unspecified atom stereocenters. The molecule has 0 fully saturated rings. The van der Waals surface area contributed by atoms with Crippen LogP contribution in [-0.4, -0.2) is 18.6 Å². The van der Waals surface area contributed by atoms with Crippen LogP contribution >= 0.6 is 11.6 Å². The number of amides is 1. The first-order valence-electron chi connectivity index (χ1n) is 6.94. The predicted octanol–water partition coefficient (Wildman–Crippen LogP) is 3.16. The minimum Gasteiger partial charge on any atom is -0.488 e. The Balaban J connectivity index is 1.55. The largest absolute Gasteiger partial charge is 0.488 e. The molecule has 0 bridgehead atoms. The number of ether oxygens (including phenoxy) is 1. The second kappa shape index (κ2) is 6.19. The highest BCUT2D eigenvalue weighted by atomic mass is 35.5. The van der Waals surface area contributed by atoms with E-state index >= 15 is 0 Å². The van der Waals surface area contributed by atoms with Gasteiger partial charge in [-0.3, -0.25) is 4.79 Å². The molecule has 0 spiro atoms. The fourth-order valence-corrected chi connectivity index (χ4v) is 2.60. The van der Waals surface area contributed by atoms with Crippen molar-refractivity contribution in [1.82, 2.24) is 5.32 Å². The molecule has 2 aromatic rings. The lowest BCUT2D eigenvalue weighted by Gasteiger charge is -2.12. The molecule has 21 heavy (non-hydrogen) atoms. The number of fused-ring (bicyclic) bond motifs is 1. The number of para-hydroxylation sites is 1. The zero-order valence-corrected chi connectivity index (χ0v) is 12.3. The van der Waals surface area contributed by atoms with Crippen LogP contribution in [0.4, 0.5) is 0 Å². The summed E-state index contributed by atoms with van der Waals surface area (Å²) in [5.74, 6) is 1.29. The number of carbonyl (C=O) groups excluding carboxylic acids is 1. The van der Waals surface area contributed by atoms with Gasteiger partial charge in [0.1, 0.15) is 11.9 Å². The number of nitrogens with one attached hydrogen (secondary N) is 1. The fraction of sp³-hybridized carbons (Fsp3) is 0.235. The molecule has 0 aliphatic carbocycles. The van der Waals surface area contributed by atoms with Gasteiger partial charge in [0.2, 0.25) is 0 Å². The number of halogens is 1. The third-order valence-corrected chi connectivity index (χ3v) is 3.88. The summed E-state index contributed by atoms with van der Waals surface area (Å²) in [6, 6.07) is 15.3. The van der Waals surface area contributed by atoms with E-state index in [1.54, 1.807) is 12.1 Å². The molecule has 1 heterocycles. The van der Waals surface area contributed by atoms with Crippen LogP contribution < -0.4 is 10.1 Å². The molecule has 1 aliphatic rings. The van der Waals surface area contributed by atoms with E-state index in [1.165, 1.54) is 5.56 Å². The van der Waals surface area contributed by atoms with Crippen LogP contribution in [-0.2, 0) is 12.3 Å². The van der Waals surface area contributed by atoms with Gasteiger partial charge in [0, 0.05) is 17.9 Å². The third kappa shape index (κ3) is 3.19. The van der Waals surface area contributed by atoms with Gasteiger partial charge in [-0.1, -0.05) is 30.3 Å². The second-order valence-electron chi connectivity index (χ2n) is 5.09. The normalized spacial score (nSPS) is 16.1. The van der Waals surface area contributed by atoms with Crippen LogP contribution in [0.2, 0.25) is 0 Å². The van der Waals surface area contributed by atoms with E-state index in [4.69, 9.17) is 16.3 Å². The van der Waals surface area contributed by atoms with Gasteiger partial charge in [0.15, 0.2) is 0 Å². The van der Waals surface area contributed by atoms with E-state index in [0.717, 1.165) is 17.7 Å². The first-order chi connectivity index (χ1) is 10.3. The summed E-state index contributed by atoms with van der Waals surface area (Å²) in [5, 5.41) is 2.92. The van der Waals surface area contributed by atoms with Crippen molar-refractivity contribution in [2.24, 2.45) is 0 Å². The van der Waals surface area contributed by atoms with E-state index in [0.29, 0.717) is 18.0 Å². The summed E-state index contributed by atoms with van der Waals surface area (Å²) >= 11 is 5.73. The van der Waals surface area contributed by atoms with Gasteiger partial charge in [-0.25, -0.2) is 0 Å². The summed E-state index contributed by atoms with van der Waals surface area (Å²) in [4.78, 5) is 12.1. The molecular formula is C17H16ClNO2. The Kier molecular flexibility index (Phi) is 4.11. The second-order valence-corrected chi connectivity index (χ2v) is 5.36. The lowest BCUT2D eigenvalue weighted by molar-refractivity contribution is 0.0933. The van der Waals surface area contributed by atoms with Gasteiger partial charge in [-0.15, -0.1) is 11.6 Å². The zero-order valence-electron chi connectivity index (χ0n) is 11.5. The van der Waals surface area contributed by atoms with Crippen LogP contribution in [0.15, 0.2) is 48.5 Å². The SMILES string of the molecule is O=C(NCC1Cc2ccccc2O1)c1ccc(CCl)cc1. The summed E-state index contributed by atoms with van der Waals surface area (Å²) < 4.78 is 5.80. The Morgan fingerprint density at radius 2 is 1.95 bits per heavy atom. The number of carbonyl (C=O) groups is 1. The lowest BCUT2D eigenvalue weighted by atomic mass is 10.1. The smallest absolute Gasteiger partial charge is 0.251 e. The van der Waals surface area contributed by atoms with Crippen molar-refractivity contribution in [1.29, 1.82) is 0 Å². The van der Waals surface area contributed by atoms with E-state index < -0.39 is 0 Å². The standard InChI is InChI=1S/C17H16ClNO2/c18-10-12-5-7-13(8-6-12)17(20)19-11-15-9-14-3-1-2-4-16(14)21-15/h1-8,15H,9-11H2,(H,19,20). The summed E-state index contributed by atoms with van der Waals surface area (Å²) in [5.41, 5.74) is 2.84. The average Bonchev–Trinajstić information content (AvgIpc) is 2.95. The Labute approximate surface area is 128 Å². The minimum atomic E-state index is -0.0873. The van der Waals surface area contributed by atoms with Gasteiger partial charge >= 0.3 is 0 Å². The number of hydrogen-bond acceptors (Lipinski definition) is 2. The topological polar surface area (TPSA) is 38.3 Å². The van der Waals surface area contributed by atoms with E-state index in [1.807, 2.05) is 30.3 Å². The minimum absolute atomic E-state index is 0.00784. The van der Waals surface area contributed by atoms with Gasteiger partial charge in [0.25, 0.3) is 5.91 Å². The quantitative estimate of drug-likeness (QED) is 0.881. The molecule has 1 aliphatic heterocycles. The van der Waals surface area contributed by atoms with Gasteiger partial charge < -0.3 is 10.1 Å². The molecular weight excluding hydrogens is 286 g/mol. The van der Waals surface area contributed by atoms with E-state index in [9.17, 15) is 4.79 Å². The predicted molar refractivity (Wildman–Crippen MR) is 82.9 cm³/mol. The van der Waals surface area contributed by atoms with Gasteiger partial charge in [0.05, 0.1) is 6.54 Å². The molecule has 1 atom stereocenters. The van der Waals surface area contributed by atoms with Crippen LogP contribution in [0.3, 0.4) is 0 Å². The highest BCUT2D eigenvalue weighted by Crippen LogP contribution is 2.27. The van der Waals surface area contributed by atoms with Crippen molar-refractivity contribution in [3.63, 3.8) is 0 Å². The molecule has 1 amide bonds. The lowest BCUT2D eigenvalue weighted by Crippen LogP contribution is -2.34. The van der Waals surface area contributed by atoms with E-state index in [-0.39, 0.29) is 12.0 Å². The summed E-state index contributed by atoms with van der Waals surface area (Å²) in [6.45, 7) is 0.505. The van der Waals surface area contributed by atoms with Crippen molar-refractivity contribution in [3.8, 4) is 5.75 Å². The van der Waals surface area contributed by atoms with Crippen molar-refractivity contribution >= 4 is 17.5 Å². The Morgan fingerprint density at radius 3 is 2.67 bits per heavy atom. The van der Waals surface area contributed by atoms with Gasteiger partial charge in [-0.05, 0) is 29.3 Å². The zero-order chi connectivity index (χ0) is 14.7. The van der Waals surface area contributed by atoms with Crippen LogP contribution in [0.1, 0.15) is 21.5 Å². The monoisotopic (exact) mass is 301 g/mol. The molecule has 4 heteroatoms. The molecule has 0 radical (unpaired) electrons. The molecule has 0 saturated carbocycles. The van der Waals surface area contributed by atoms with Crippen LogP contribution in [0.5, 0.6) is 5.75 Å². The van der Waals surface area contributed by atoms with Crippen molar-refractivity contribution in [3.05, 3.63) is 65.2 Å². The number of hydrogen-bond donors (Lipinski definition) is 1. The van der Waals surface area contributed by atoms with Crippen molar-refractivity contribution < 1.29 is 9.53 Å². The maximum absolute atomic E-state index is 12.1. The number of alkyl halides is 1. The fourth-order valence-electron chi connectivity index (χ4n) is 2.42.